The molecule has 8 nitrogen and oxygen atoms in total. The Bertz CT molecular complexity index is 1460. The number of unbranched alkanes of at least 4 members (excludes halogenated alkanes) is 2. The van der Waals surface area contributed by atoms with Crippen molar-refractivity contribution in [2.24, 2.45) is 5.10 Å². The maximum absolute atomic E-state index is 6.27. The van der Waals surface area contributed by atoms with Crippen molar-refractivity contribution in [3.63, 3.8) is 0 Å². The molecular weight excluding hydrogens is 512 g/mol. The maximum Gasteiger partial charge on any atom is 0.144 e. The first-order valence-corrected chi connectivity index (χ1v) is 14.5. The van der Waals surface area contributed by atoms with Gasteiger partial charge in [-0.3, -0.25) is 0 Å². The van der Waals surface area contributed by atoms with Gasteiger partial charge in [0.25, 0.3) is 0 Å². The number of nitrogens with zero attached hydrogens (tertiary/aromatic N) is 5. The first-order chi connectivity index (χ1) is 20.0. The number of hydrogen-bond acceptors (Lipinski definition) is 8. The Hall–Kier alpha value is -4.33. The topological polar surface area (TPSA) is 75.1 Å². The number of ether oxygens (including phenoxy) is 2. The third kappa shape index (κ3) is 7.45. The molecule has 2 aromatic carbocycles. The second-order valence-electron chi connectivity index (χ2n) is 9.95. The molecule has 0 spiro atoms. The van der Waals surface area contributed by atoms with E-state index in [9.17, 15) is 0 Å². The number of hydrogen-bond donors (Lipinski definition) is 1. The van der Waals surface area contributed by atoms with Crippen LogP contribution in [0.5, 0.6) is 11.5 Å². The van der Waals surface area contributed by atoms with Crippen LogP contribution in [0.15, 0.2) is 77.6 Å². The molecule has 0 aliphatic carbocycles. The van der Waals surface area contributed by atoms with Gasteiger partial charge in [0.1, 0.15) is 29.4 Å². The molecule has 2 heterocycles. The number of fused-ring (bicyclic) bond motifs is 1. The number of benzene rings is 2. The van der Waals surface area contributed by atoms with Gasteiger partial charge >= 0.3 is 0 Å². The minimum atomic E-state index is 0.596. The van der Waals surface area contributed by atoms with E-state index in [1.165, 1.54) is 12.8 Å². The van der Waals surface area contributed by atoms with Crippen LogP contribution in [0.4, 0.5) is 17.2 Å². The Morgan fingerprint density at radius 3 is 2.66 bits per heavy atom. The van der Waals surface area contributed by atoms with E-state index in [1.54, 1.807) is 12.5 Å². The lowest BCUT2D eigenvalue weighted by molar-refractivity contribution is 0.341. The Labute approximate surface area is 244 Å². The van der Waals surface area contributed by atoms with Crippen molar-refractivity contribution in [2.75, 3.05) is 30.4 Å². The highest BCUT2D eigenvalue weighted by Crippen LogP contribution is 2.36. The molecule has 0 fully saturated rings. The fourth-order valence-electron chi connectivity index (χ4n) is 4.71. The second kappa shape index (κ2) is 14.3. The lowest BCUT2D eigenvalue weighted by Gasteiger charge is -2.23. The normalized spacial score (nSPS) is 14.1. The summed E-state index contributed by atoms with van der Waals surface area (Å²) in [6, 6.07) is 10.2. The van der Waals surface area contributed by atoms with Crippen LogP contribution < -0.4 is 19.7 Å². The second-order valence-corrected chi connectivity index (χ2v) is 9.95. The molecule has 4 rings (SSSR count). The quantitative estimate of drug-likeness (QED) is 0.169. The third-order valence-corrected chi connectivity index (χ3v) is 6.78. The van der Waals surface area contributed by atoms with Gasteiger partial charge in [-0.2, -0.15) is 5.10 Å². The van der Waals surface area contributed by atoms with Crippen LogP contribution in [0.2, 0.25) is 0 Å². The van der Waals surface area contributed by atoms with Gasteiger partial charge in [0, 0.05) is 49.2 Å². The van der Waals surface area contributed by atoms with Crippen LogP contribution in [-0.4, -0.2) is 41.4 Å². The first kappa shape index (κ1) is 29.6. The summed E-state index contributed by atoms with van der Waals surface area (Å²) in [5, 5.41) is 10.7. The van der Waals surface area contributed by atoms with E-state index in [0.717, 1.165) is 76.0 Å². The van der Waals surface area contributed by atoms with Crippen LogP contribution in [-0.2, 0) is 0 Å². The van der Waals surface area contributed by atoms with Crippen LogP contribution in [0.25, 0.3) is 10.9 Å². The molecule has 0 bridgehead atoms. The summed E-state index contributed by atoms with van der Waals surface area (Å²) < 4.78 is 12.3. The lowest BCUT2D eigenvalue weighted by Crippen LogP contribution is -2.19. The van der Waals surface area contributed by atoms with Gasteiger partial charge in [-0.05, 0) is 69.5 Å². The Balaban J connectivity index is 1.57. The van der Waals surface area contributed by atoms with E-state index in [2.05, 4.69) is 64.4 Å². The average molecular weight is 555 g/mol. The molecule has 3 aromatic rings. The van der Waals surface area contributed by atoms with Crippen LogP contribution in [0.3, 0.4) is 0 Å². The van der Waals surface area contributed by atoms with Crippen LogP contribution in [0, 0.1) is 6.92 Å². The number of allylic oxidation sites excluding steroid dienone is 3. The number of rotatable bonds is 13. The van der Waals surface area contributed by atoms with E-state index in [1.807, 2.05) is 62.3 Å². The smallest absolute Gasteiger partial charge is 0.144 e. The SMILES string of the molecule is C/C=N\N1C=CC(Oc2ccc(Nc3ncnc4cc(OCC)c(N(C)CCCCC)cc34)cc2C)=C/C1=C\CC. The molecule has 0 atom stereocenters. The number of aromatic nitrogens is 2. The molecule has 1 aromatic heterocycles. The fourth-order valence-corrected chi connectivity index (χ4v) is 4.71. The molecule has 216 valence electrons. The summed E-state index contributed by atoms with van der Waals surface area (Å²) in [5.74, 6) is 3.14. The van der Waals surface area contributed by atoms with Crippen LogP contribution >= 0.6 is 0 Å². The first-order valence-electron chi connectivity index (χ1n) is 14.5. The van der Waals surface area contributed by atoms with Gasteiger partial charge in [-0.15, -0.1) is 0 Å². The molecule has 41 heavy (non-hydrogen) atoms. The highest BCUT2D eigenvalue weighted by Gasteiger charge is 2.15. The third-order valence-electron chi connectivity index (χ3n) is 6.78. The summed E-state index contributed by atoms with van der Waals surface area (Å²) in [4.78, 5) is 11.4. The summed E-state index contributed by atoms with van der Waals surface area (Å²) in [6.45, 7) is 11.8. The molecule has 0 saturated carbocycles. The van der Waals surface area contributed by atoms with Gasteiger partial charge in [0.05, 0.1) is 23.5 Å². The molecule has 0 saturated heterocycles. The monoisotopic (exact) mass is 554 g/mol. The lowest BCUT2D eigenvalue weighted by atomic mass is 10.1. The summed E-state index contributed by atoms with van der Waals surface area (Å²) in [6.07, 6.45) is 15.7. The predicted octanol–water partition coefficient (Wildman–Crippen LogP) is 8.10. The van der Waals surface area contributed by atoms with Crippen molar-refractivity contribution in [1.82, 2.24) is 15.0 Å². The fraction of sp³-hybridized carbons (Fsp3) is 0.364. The van der Waals surface area contributed by atoms with Crippen molar-refractivity contribution in [3.05, 3.63) is 78.1 Å². The van der Waals surface area contributed by atoms with Gasteiger partial charge in [-0.25, -0.2) is 15.0 Å². The summed E-state index contributed by atoms with van der Waals surface area (Å²) >= 11 is 0. The zero-order valence-electron chi connectivity index (χ0n) is 25.1. The van der Waals surface area contributed by atoms with E-state index in [4.69, 9.17) is 9.47 Å². The molecule has 0 radical (unpaired) electrons. The zero-order chi connectivity index (χ0) is 29.2. The highest BCUT2D eigenvalue weighted by atomic mass is 16.5. The number of nitrogens with one attached hydrogen (secondary N) is 1. The zero-order valence-corrected chi connectivity index (χ0v) is 25.1. The summed E-state index contributed by atoms with van der Waals surface area (Å²) in [5.41, 5.74) is 4.79. The van der Waals surface area contributed by atoms with Gasteiger partial charge in [0.15, 0.2) is 0 Å². The van der Waals surface area contributed by atoms with E-state index >= 15 is 0 Å². The summed E-state index contributed by atoms with van der Waals surface area (Å²) in [7, 11) is 2.12. The van der Waals surface area contributed by atoms with Crippen molar-refractivity contribution < 1.29 is 9.47 Å². The predicted molar refractivity (Wildman–Crippen MR) is 170 cm³/mol. The maximum atomic E-state index is 6.27. The Morgan fingerprint density at radius 2 is 1.93 bits per heavy atom. The molecule has 1 aliphatic heterocycles. The van der Waals surface area contributed by atoms with E-state index < -0.39 is 0 Å². The molecule has 0 unspecified atom stereocenters. The number of aryl methyl sites for hydroxylation is 1. The number of anilines is 3. The number of hydrazone groups is 1. The van der Waals surface area contributed by atoms with Crippen molar-refractivity contribution in [2.45, 2.75) is 60.3 Å². The van der Waals surface area contributed by atoms with Gasteiger partial charge in [0.2, 0.25) is 0 Å². The molecule has 1 N–H and O–H groups in total. The van der Waals surface area contributed by atoms with Crippen molar-refractivity contribution >= 4 is 34.3 Å². The highest BCUT2D eigenvalue weighted by molar-refractivity contribution is 5.95. The molecule has 0 amide bonds. The molecular formula is C33H42N6O2. The molecule has 1 aliphatic rings. The minimum absolute atomic E-state index is 0.596. The van der Waals surface area contributed by atoms with E-state index in [-0.39, 0.29) is 0 Å². The van der Waals surface area contributed by atoms with Crippen molar-refractivity contribution in [1.29, 1.82) is 0 Å². The Kier molecular flexibility index (Phi) is 10.4. The standard InChI is InChI=1S/C33H42N6O2/c1-7-11-12-17-38(6)30-21-28-29(22-32(30)40-10-4)34-23-35-33(28)37-25-14-15-31(24(5)19-25)41-27-16-18-39(36-9-3)26(20-27)13-8-2/h9,13-16,18-23H,7-8,10-12,17H2,1-6H3,(H,34,35,37)/b26-13+,36-9-. The van der Waals surface area contributed by atoms with Gasteiger partial charge in [-0.1, -0.05) is 32.8 Å². The van der Waals surface area contributed by atoms with Gasteiger partial charge < -0.3 is 19.7 Å². The minimum Gasteiger partial charge on any atom is -0.492 e. The largest absolute Gasteiger partial charge is 0.492 e. The van der Waals surface area contributed by atoms with Crippen LogP contribution in [0.1, 0.15) is 58.9 Å². The average Bonchev–Trinajstić information content (AvgIpc) is 2.96. The van der Waals surface area contributed by atoms with Crippen molar-refractivity contribution in [3.8, 4) is 11.5 Å². The Morgan fingerprint density at radius 1 is 1.07 bits per heavy atom. The molecule has 8 heteroatoms. The van der Waals surface area contributed by atoms with E-state index in [0.29, 0.717) is 6.61 Å².